The number of benzene rings is 1. The maximum absolute atomic E-state index is 11.9. The molecule has 0 spiro atoms. The van der Waals surface area contributed by atoms with Crippen LogP contribution in [0.4, 0.5) is 0 Å². The zero-order chi connectivity index (χ0) is 20.3. The van der Waals surface area contributed by atoms with E-state index in [1.165, 1.54) is 5.56 Å². The summed E-state index contributed by atoms with van der Waals surface area (Å²) in [7, 11) is 1.76. The van der Waals surface area contributed by atoms with E-state index in [0.29, 0.717) is 13.1 Å². The summed E-state index contributed by atoms with van der Waals surface area (Å²) in [6.07, 6.45) is 0. The van der Waals surface area contributed by atoms with E-state index in [0.717, 1.165) is 25.6 Å². The van der Waals surface area contributed by atoms with Crippen molar-refractivity contribution in [3.63, 3.8) is 0 Å². The summed E-state index contributed by atoms with van der Waals surface area (Å²) < 4.78 is 0. The predicted molar refractivity (Wildman–Crippen MR) is 114 cm³/mol. The van der Waals surface area contributed by atoms with Gasteiger partial charge < -0.3 is 16.0 Å². The van der Waals surface area contributed by atoms with Crippen LogP contribution in [0.3, 0.4) is 0 Å². The van der Waals surface area contributed by atoms with E-state index >= 15 is 0 Å². The Kier molecular flexibility index (Phi) is 9.86. The summed E-state index contributed by atoms with van der Waals surface area (Å²) in [6, 6.07) is 10.8. The largest absolute Gasteiger partial charge is 0.355 e. The van der Waals surface area contributed by atoms with Crippen LogP contribution in [0, 0.1) is 5.41 Å². The molecule has 1 atom stereocenters. The fourth-order valence-corrected chi connectivity index (χ4v) is 2.83. The van der Waals surface area contributed by atoms with Gasteiger partial charge in [-0.3, -0.25) is 14.7 Å². The molecule has 1 amide bonds. The minimum absolute atomic E-state index is 0.0536. The standard InChI is InChI=1S/C21H37N5O/c1-7-26(8-2)18(17-12-10-9-11-13-17)16-25-20(22-6)24-15-14-23-19(27)21(3,4)5/h9-13,18H,7-8,14-16H2,1-6H3,(H,23,27)(H2,22,24,25). The molecule has 1 aromatic rings. The van der Waals surface area contributed by atoms with E-state index in [9.17, 15) is 4.79 Å². The normalized spacial score (nSPS) is 13.4. The van der Waals surface area contributed by atoms with Crippen LogP contribution < -0.4 is 16.0 Å². The Balaban J connectivity index is 2.56. The van der Waals surface area contributed by atoms with Crippen LogP contribution in [-0.2, 0) is 4.79 Å². The second-order valence-corrected chi connectivity index (χ2v) is 7.53. The maximum Gasteiger partial charge on any atom is 0.225 e. The molecule has 1 rings (SSSR count). The number of amides is 1. The number of rotatable bonds is 9. The second kappa shape index (κ2) is 11.6. The number of carbonyl (C=O) groups is 1. The molecular formula is C21H37N5O. The molecule has 6 nitrogen and oxygen atoms in total. The predicted octanol–water partition coefficient (Wildman–Crippen LogP) is 2.40. The second-order valence-electron chi connectivity index (χ2n) is 7.53. The molecular weight excluding hydrogens is 338 g/mol. The first kappa shape index (κ1) is 23.0. The van der Waals surface area contributed by atoms with E-state index in [1.54, 1.807) is 7.05 Å². The van der Waals surface area contributed by atoms with Gasteiger partial charge in [-0.1, -0.05) is 65.0 Å². The first-order valence-electron chi connectivity index (χ1n) is 9.85. The molecule has 1 unspecified atom stereocenters. The van der Waals surface area contributed by atoms with Gasteiger partial charge in [0.2, 0.25) is 5.91 Å². The summed E-state index contributed by atoms with van der Waals surface area (Å²) in [5.74, 6) is 0.797. The van der Waals surface area contributed by atoms with E-state index in [4.69, 9.17) is 0 Å². The Bertz CT molecular complexity index is 576. The maximum atomic E-state index is 11.9. The third-order valence-electron chi connectivity index (χ3n) is 4.51. The Labute approximate surface area is 164 Å². The SMILES string of the molecule is CCN(CC)C(CNC(=NC)NCCNC(=O)C(C)(C)C)c1ccccc1. The molecule has 0 radical (unpaired) electrons. The van der Waals surface area contributed by atoms with E-state index in [2.05, 4.69) is 64.0 Å². The van der Waals surface area contributed by atoms with Crippen molar-refractivity contribution in [1.29, 1.82) is 0 Å². The number of likely N-dealkylation sites (N-methyl/N-ethyl adjacent to an activating group) is 1. The average molecular weight is 376 g/mol. The van der Waals surface area contributed by atoms with Gasteiger partial charge in [-0.25, -0.2) is 0 Å². The summed E-state index contributed by atoms with van der Waals surface area (Å²) in [5, 5.41) is 9.62. The molecule has 0 aromatic heterocycles. The van der Waals surface area contributed by atoms with Gasteiger partial charge in [0.1, 0.15) is 0 Å². The molecule has 27 heavy (non-hydrogen) atoms. The molecule has 0 aliphatic rings. The van der Waals surface area contributed by atoms with Gasteiger partial charge in [0.15, 0.2) is 5.96 Å². The molecule has 1 aromatic carbocycles. The number of carbonyl (C=O) groups excluding carboxylic acids is 1. The molecule has 0 saturated heterocycles. The third-order valence-corrected chi connectivity index (χ3v) is 4.51. The molecule has 6 heteroatoms. The van der Waals surface area contributed by atoms with Gasteiger partial charge in [0.05, 0.1) is 6.04 Å². The highest BCUT2D eigenvalue weighted by Gasteiger charge is 2.20. The zero-order valence-electron chi connectivity index (χ0n) is 17.8. The number of nitrogens with one attached hydrogen (secondary N) is 3. The molecule has 0 aliphatic carbocycles. The fraction of sp³-hybridized carbons (Fsp3) is 0.619. The molecule has 152 valence electrons. The lowest BCUT2D eigenvalue weighted by Gasteiger charge is -2.30. The summed E-state index contributed by atoms with van der Waals surface area (Å²) in [4.78, 5) is 18.6. The van der Waals surface area contributed by atoms with E-state index in [-0.39, 0.29) is 17.4 Å². The number of hydrogen-bond acceptors (Lipinski definition) is 3. The van der Waals surface area contributed by atoms with Crippen LogP contribution in [0.2, 0.25) is 0 Å². The van der Waals surface area contributed by atoms with Crippen LogP contribution in [0.25, 0.3) is 0 Å². The van der Waals surface area contributed by atoms with Gasteiger partial charge in [0.25, 0.3) is 0 Å². The van der Waals surface area contributed by atoms with Gasteiger partial charge in [-0.15, -0.1) is 0 Å². The summed E-state index contributed by atoms with van der Waals surface area (Å²) in [5.41, 5.74) is 0.925. The molecule has 0 aliphatic heterocycles. The summed E-state index contributed by atoms with van der Waals surface area (Å²) in [6.45, 7) is 14.0. The lowest BCUT2D eigenvalue weighted by atomic mass is 9.96. The fourth-order valence-electron chi connectivity index (χ4n) is 2.83. The molecule has 0 fully saturated rings. The number of hydrogen-bond donors (Lipinski definition) is 3. The minimum Gasteiger partial charge on any atom is -0.355 e. The van der Waals surface area contributed by atoms with Crippen molar-refractivity contribution in [2.45, 2.75) is 40.7 Å². The van der Waals surface area contributed by atoms with Crippen molar-refractivity contribution >= 4 is 11.9 Å². The number of nitrogens with zero attached hydrogens (tertiary/aromatic N) is 2. The average Bonchev–Trinajstić information content (AvgIpc) is 2.66. The molecule has 0 saturated carbocycles. The Hall–Kier alpha value is -2.08. The highest BCUT2D eigenvalue weighted by molar-refractivity contribution is 5.81. The van der Waals surface area contributed by atoms with Crippen LogP contribution >= 0.6 is 0 Å². The van der Waals surface area contributed by atoms with Crippen molar-refractivity contribution < 1.29 is 4.79 Å². The van der Waals surface area contributed by atoms with Crippen LogP contribution in [0.5, 0.6) is 0 Å². The first-order valence-corrected chi connectivity index (χ1v) is 9.85. The first-order chi connectivity index (χ1) is 12.8. The number of guanidine groups is 1. The Morgan fingerprint density at radius 1 is 1.04 bits per heavy atom. The zero-order valence-corrected chi connectivity index (χ0v) is 17.8. The van der Waals surface area contributed by atoms with Crippen LogP contribution in [-0.4, -0.2) is 56.5 Å². The Morgan fingerprint density at radius 2 is 1.63 bits per heavy atom. The topological polar surface area (TPSA) is 68.8 Å². The molecule has 0 heterocycles. The van der Waals surface area contributed by atoms with Gasteiger partial charge in [-0.2, -0.15) is 0 Å². The summed E-state index contributed by atoms with van der Waals surface area (Å²) >= 11 is 0. The minimum atomic E-state index is -0.368. The third kappa shape index (κ3) is 7.99. The van der Waals surface area contributed by atoms with Gasteiger partial charge >= 0.3 is 0 Å². The van der Waals surface area contributed by atoms with Crippen molar-refractivity contribution in [3.8, 4) is 0 Å². The van der Waals surface area contributed by atoms with Gasteiger partial charge in [0, 0.05) is 32.1 Å². The van der Waals surface area contributed by atoms with Crippen molar-refractivity contribution in [2.24, 2.45) is 10.4 Å². The monoisotopic (exact) mass is 375 g/mol. The lowest BCUT2D eigenvalue weighted by molar-refractivity contribution is -0.128. The molecule has 3 N–H and O–H groups in total. The number of aliphatic imine (C=N–C) groups is 1. The molecule has 0 bridgehead atoms. The van der Waals surface area contributed by atoms with Crippen molar-refractivity contribution in [2.75, 3.05) is 39.8 Å². The van der Waals surface area contributed by atoms with Crippen LogP contribution in [0.1, 0.15) is 46.2 Å². The lowest BCUT2D eigenvalue weighted by Crippen LogP contribution is -2.46. The Morgan fingerprint density at radius 3 is 2.15 bits per heavy atom. The van der Waals surface area contributed by atoms with Crippen LogP contribution in [0.15, 0.2) is 35.3 Å². The van der Waals surface area contributed by atoms with E-state index < -0.39 is 0 Å². The highest BCUT2D eigenvalue weighted by Crippen LogP contribution is 2.19. The van der Waals surface area contributed by atoms with Crippen molar-refractivity contribution in [3.05, 3.63) is 35.9 Å². The van der Waals surface area contributed by atoms with Gasteiger partial charge in [-0.05, 0) is 18.7 Å². The highest BCUT2D eigenvalue weighted by atomic mass is 16.2. The van der Waals surface area contributed by atoms with E-state index in [1.807, 2.05) is 26.8 Å². The quantitative estimate of drug-likeness (QED) is 0.352. The smallest absolute Gasteiger partial charge is 0.225 e. The van der Waals surface area contributed by atoms with Crippen molar-refractivity contribution in [1.82, 2.24) is 20.9 Å².